The molecule has 0 bridgehead atoms. The second kappa shape index (κ2) is 5.89. The van der Waals surface area contributed by atoms with Gasteiger partial charge in [-0.25, -0.2) is 9.59 Å². The van der Waals surface area contributed by atoms with Crippen LogP contribution < -0.4 is 0 Å². The van der Waals surface area contributed by atoms with Gasteiger partial charge in [0.15, 0.2) is 6.61 Å². The Hall–Kier alpha value is -1.82. The van der Waals surface area contributed by atoms with Crippen molar-refractivity contribution in [3.05, 3.63) is 34.4 Å². The van der Waals surface area contributed by atoms with Crippen molar-refractivity contribution in [3.63, 3.8) is 0 Å². The molecule has 6 heteroatoms. The maximum absolute atomic E-state index is 12.0. The number of H-pyrrole nitrogens is 1. The number of aromatic amines is 1. The van der Waals surface area contributed by atoms with Gasteiger partial charge in [-0.3, -0.25) is 0 Å². The monoisotopic (exact) mass is 353 g/mol. The van der Waals surface area contributed by atoms with Crippen molar-refractivity contribution in [2.24, 2.45) is 0 Å². The largest absolute Gasteiger partial charge is 0.457 e. The molecular formula is C15H16BrNO4. The zero-order valence-corrected chi connectivity index (χ0v) is 13.6. The zero-order valence-electron chi connectivity index (χ0n) is 12.0. The van der Waals surface area contributed by atoms with E-state index in [0.717, 1.165) is 15.4 Å². The molecule has 0 radical (unpaired) electrons. The standard InChI is InChI=1S/C15H16BrNO4/c1-15(2,3)21-13(18)8-20-14(19)11-7-17-12-5-4-9(16)6-10(11)12/h4-7,17H,8H2,1-3H3. The molecule has 0 aliphatic carbocycles. The molecule has 5 nitrogen and oxygen atoms in total. The normalized spacial score (nSPS) is 11.4. The smallest absolute Gasteiger partial charge is 0.344 e. The summed E-state index contributed by atoms with van der Waals surface area (Å²) in [5.41, 5.74) is 0.604. The summed E-state index contributed by atoms with van der Waals surface area (Å²) in [5.74, 6) is -1.14. The van der Waals surface area contributed by atoms with Crippen LogP contribution >= 0.6 is 15.9 Å². The van der Waals surface area contributed by atoms with Crippen molar-refractivity contribution in [2.75, 3.05) is 6.61 Å². The Bertz CT molecular complexity index is 685. The van der Waals surface area contributed by atoms with Gasteiger partial charge in [0.2, 0.25) is 0 Å². The Balaban J connectivity index is 2.06. The highest BCUT2D eigenvalue weighted by Gasteiger charge is 2.19. The molecule has 0 aliphatic rings. The highest BCUT2D eigenvalue weighted by molar-refractivity contribution is 9.10. The topological polar surface area (TPSA) is 68.4 Å². The number of hydrogen-bond acceptors (Lipinski definition) is 4. The van der Waals surface area contributed by atoms with E-state index in [1.807, 2.05) is 18.2 Å². The van der Waals surface area contributed by atoms with Crippen LogP contribution in [0.15, 0.2) is 28.9 Å². The average molecular weight is 354 g/mol. The predicted octanol–water partition coefficient (Wildman–Crippen LogP) is 3.43. The first kappa shape index (κ1) is 15.6. The molecule has 1 N–H and O–H groups in total. The van der Waals surface area contributed by atoms with Crippen molar-refractivity contribution in [2.45, 2.75) is 26.4 Å². The number of nitrogens with one attached hydrogen (secondary N) is 1. The van der Waals surface area contributed by atoms with Crippen molar-refractivity contribution in [3.8, 4) is 0 Å². The number of rotatable bonds is 3. The molecular weight excluding hydrogens is 338 g/mol. The van der Waals surface area contributed by atoms with Crippen LogP contribution in [0.3, 0.4) is 0 Å². The van der Waals surface area contributed by atoms with Crippen LogP contribution in [0.4, 0.5) is 0 Å². The Morgan fingerprint density at radius 1 is 1.29 bits per heavy atom. The van der Waals surface area contributed by atoms with Gasteiger partial charge in [-0.05, 0) is 39.0 Å². The number of esters is 2. The Morgan fingerprint density at radius 2 is 2.00 bits per heavy atom. The lowest BCUT2D eigenvalue weighted by atomic mass is 10.2. The average Bonchev–Trinajstić information content (AvgIpc) is 2.76. The van der Waals surface area contributed by atoms with E-state index in [-0.39, 0.29) is 0 Å². The van der Waals surface area contributed by atoms with Crippen molar-refractivity contribution in [1.29, 1.82) is 0 Å². The van der Waals surface area contributed by atoms with E-state index in [0.29, 0.717) is 5.56 Å². The van der Waals surface area contributed by atoms with Crippen LogP contribution in [0, 0.1) is 0 Å². The molecule has 0 spiro atoms. The second-order valence-electron chi connectivity index (χ2n) is 5.55. The number of hydrogen-bond donors (Lipinski definition) is 1. The molecule has 0 atom stereocenters. The van der Waals surface area contributed by atoms with Gasteiger partial charge in [0.1, 0.15) is 5.60 Å². The fraction of sp³-hybridized carbons (Fsp3) is 0.333. The summed E-state index contributed by atoms with van der Waals surface area (Å²) in [7, 11) is 0. The van der Waals surface area contributed by atoms with E-state index in [4.69, 9.17) is 9.47 Å². The van der Waals surface area contributed by atoms with E-state index in [1.165, 1.54) is 0 Å². The summed E-state index contributed by atoms with van der Waals surface area (Å²) >= 11 is 3.36. The molecule has 0 saturated carbocycles. The van der Waals surface area contributed by atoms with Crippen LogP contribution in [-0.4, -0.2) is 29.1 Å². The fourth-order valence-corrected chi connectivity index (χ4v) is 2.20. The van der Waals surface area contributed by atoms with Crippen LogP contribution in [0.5, 0.6) is 0 Å². The van der Waals surface area contributed by atoms with Gasteiger partial charge in [-0.15, -0.1) is 0 Å². The van der Waals surface area contributed by atoms with Gasteiger partial charge >= 0.3 is 11.9 Å². The summed E-state index contributed by atoms with van der Waals surface area (Å²) in [6, 6.07) is 5.54. The number of fused-ring (bicyclic) bond motifs is 1. The first-order chi connectivity index (χ1) is 9.76. The number of carbonyl (C=O) groups is 2. The maximum atomic E-state index is 12.0. The molecule has 1 aromatic heterocycles. The lowest BCUT2D eigenvalue weighted by Gasteiger charge is -2.19. The van der Waals surface area contributed by atoms with E-state index < -0.39 is 24.1 Å². The number of benzene rings is 1. The van der Waals surface area contributed by atoms with Gasteiger partial charge in [0, 0.05) is 21.6 Å². The van der Waals surface area contributed by atoms with Gasteiger partial charge in [0.05, 0.1) is 5.56 Å². The van der Waals surface area contributed by atoms with Crippen molar-refractivity contribution < 1.29 is 19.1 Å². The third kappa shape index (κ3) is 4.07. The van der Waals surface area contributed by atoms with Crippen LogP contribution in [0.25, 0.3) is 10.9 Å². The molecule has 0 unspecified atom stereocenters. The minimum Gasteiger partial charge on any atom is -0.457 e. The molecule has 0 fully saturated rings. The summed E-state index contributed by atoms with van der Waals surface area (Å²) < 4.78 is 10.9. The highest BCUT2D eigenvalue weighted by atomic mass is 79.9. The van der Waals surface area contributed by atoms with Gasteiger partial charge in [0.25, 0.3) is 0 Å². The number of halogens is 1. The third-order valence-electron chi connectivity index (χ3n) is 2.60. The summed E-state index contributed by atoms with van der Waals surface area (Å²) in [6.07, 6.45) is 1.56. The van der Waals surface area contributed by atoms with E-state index in [9.17, 15) is 9.59 Å². The molecule has 2 rings (SSSR count). The molecule has 1 aromatic carbocycles. The van der Waals surface area contributed by atoms with Crippen LogP contribution in [0.2, 0.25) is 0 Å². The van der Waals surface area contributed by atoms with E-state index in [1.54, 1.807) is 27.0 Å². The molecule has 0 saturated heterocycles. The molecule has 21 heavy (non-hydrogen) atoms. The summed E-state index contributed by atoms with van der Waals surface area (Å²) in [4.78, 5) is 26.6. The number of ether oxygens (including phenoxy) is 2. The molecule has 0 amide bonds. The Labute approximate surface area is 130 Å². The first-order valence-electron chi connectivity index (χ1n) is 6.42. The van der Waals surface area contributed by atoms with Gasteiger partial charge in [-0.2, -0.15) is 0 Å². The van der Waals surface area contributed by atoms with Gasteiger partial charge in [-0.1, -0.05) is 15.9 Å². The SMILES string of the molecule is CC(C)(C)OC(=O)COC(=O)c1c[nH]c2ccc(Br)cc12. The van der Waals surface area contributed by atoms with Crippen molar-refractivity contribution >= 4 is 38.8 Å². The minimum absolute atomic E-state index is 0.384. The zero-order chi connectivity index (χ0) is 15.6. The minimum atomic E-state index is -0.602. The lowest BCUT2D eigenvalue weighted by molar-refractivity contribution is -0.158. The maximum Gasteiger partial charge on any atom is 0.344 e. The first-order valence-corrected chi connectivity index (χ1v) is 7.21. The lowest BCUT2D eigenvalue weighted by Crippen LogP contribution is -2.27. The fourth-order valence-electron chi connectivity index (χ4n) is 1.83. The highest BCUT2D eigenvalue weighted by Crippen LogP contribution is 2.23. The Morgan fingerprint density at radius 3 is 2.67 bits per heavy atom. The molecule has 0 aliphatic heterocycles. The van der Waals surface area contributed by atoms with E-state index in [2.05, 4.69) is 20.9 Å². The van der Waals surface area contributed by atoms with E-state index >= 15 is 0 Å². The molecule has 2 aromatic rings. The van der Waals surface area contributed by atoms with Crippen molar-refractivity contribution in [1.82, 2.24) is 4.98 Å². The summed E-state index contributed by atoms with van der Waals surface area (Å²) in [5, 5.41) is 0.735. The summed E-state index contributed by atoms with van der Waals surface area (Å²) in [6.45, 7) is 4.86. The Kier molecular flexibility index (Phi) is 4.37. The van der Waals surface area contributed by atoms with Gasteiger partial charge < -0.3 is 14.5 Å². The number of carbonyl (C=O) groups excluding carboxylic acids is 2. The molecule has 1 heterocycles. The number of aromatic nitrogens is 1. The quantitative estimate of drug-likeness (QED) is 0.858. The van der Waals surface area contributed by atoms with Crippen LogP contribution in [-0.2, 0) is 14.3 Å². The molecule has 112 valence electrons. The predicted molar refractivity (Wildman–Crippen MR) is 82.1 cm³/mol. The second-order valence-corrected chi connectivity index (χ2v) is 6.47. The third-order valence-corrected chi connectivity index (χ3v) is 3.10. The van der Waals surface area contributed by atoms with Crippen LogP contribution in [0.1, 0.15) is 31.1 Å².